The summed E-state index contributed by atoms with van der Waals surface area (Å²) in [4.78, 5) is 13.6. The molecule has 9 heteroatoms. The van der Waals surface area contributed by atoms with Gasteiger partial charge in [-0.2, -0.15) is 0 Å². The van der Waals surface area contributed by atoms with Crippen molar-refractivity contribution in [2.24, 2.45) is 0 Å². The van der Waals surface area contributed by atoms with E-state index in [0.717, 1.165) is 18.7 Å². The first-order valence-corrected chi connectivity index (χ1v) is 7.37. The second-order valence-electron chi connectivity index (χ2n) is 5.24. The largest absolute Gasteiger partial charge is 0.385 e. The van der Waals surface area contributed by atoms with Crippen molar-refractivity contribution in [2.45, 2.75) is 33.0 Å². The number of aromatic nitrogens is 4. The minimum absolute atomic E-state index is 0.217. The van der Waals surface area contributed by atoms with Crippen molar-refractivity contribution in [2.75, 3.05) is 20.8 Å². The Labute approximate surface area is 134 Å². The Kier molecular flexibility index (Phi) is 6.10. The monoisotopic (exact) mass is 322 g/mol. The molecule has 0 aliphatic rings. The van der Waals surface area contributed by atoms with Gasteiger partial charge in [0.05, 0.1) is 18.8 Å². The van der Waals surface area contributed by atoms with Crippen LogP contribution in [0.3, 0.4) is 0 Å². The van der Waals surface area contributed by atoms with Gasteiger partial charge in [-0.3, -0.25) is 0 Å². The van der Waals surface area contributed by atoms with Crippen LogP contribution in [0.2, 0.25) is 0 Å². The van der Waals surface area contributed by atoms with Crippen LogP contribution in [-0.2, 0) is 24.4 Å². The van der Waals surface area contributed by atoms with Crippen molar-refractivity contribution in [3.63, 3.8) is 0 Å². The zero-order valence-corrected chi connectivity index (χ0v) is 13.7. The highest BCUT2D eigenvalue weighted by Gasteiger charge is 2.13. The molecule has 0 spiro atoms. The summed E-state index contributed by atoms with van der Waals surface area (Å²) < 4.78 is 12.0. The molecular formula is C14H22N6O3. The van der Waals surface area contributed by atoms with Gasteiger partial charge < -0.3 is 24.0 Å². The number of methoxy groups -OCH3 is 1. The fourth-order valence-corrected chi connectivity index (χ4v) is 2.07. The van der Waals surface area contributed by atoms with Gasteiger partial charge in [-0.1, -0.05) is 5.16 Å². The standard InChI is InChI=1S/C14H22N6O3/c1-11-7-12(23-18-11)9-19(2)14(21)15-8-13-17-16-10-20(13)5-4-6-22-3/h7,10H,4-6,8-9H2,1-3H3,(H,15,21). The van der Waals surface area contributed by atoms with Gasteiger partial charge in [0.2, 0.25) is 0 Å². The average molecular weight is 322 g/mol. The van der Waals surface area contributed by atoms with Crippen LogP contribution < -0.4 is 5.32 Å². The molecule has 2 amide bonds. The Balaban J connectivity index is 1.80. The first-order valence-electron chi connectivity index (χ1n) is 7.37. The van der Waals surface area contributed by atoms with Gasteiger partial charge in [0.15, 0.2) is 11.6 Å². The zero-order chi connectivity index (χ0) is 16.7. The predicted molar refractivity (Wildman–Crippen MR) is 81.5 cm³/mol. The average Bonchev–Trinajstić information content (AvgIpc) is 3.14. The molecule has 126 valence electrons. The van der Waals surface area contributed by atoms with Crippen LogP contribution >= 0.6 is 0 Å². The summed E-state index contributed by atoms with van der Waals surface area (Å²) >= 11 is 0. The second kappa shape index (κ2) is 8.28. The Bertz CT molecular complexity index is 624. The minimum atomic E-state index is -0.217. The van der Waals surface area contributed by atoms with Crippen molar-refractivity contribution in [3.05, 3.63) is 29.7 Å². The Morgan fingerprint density at radius 1 is 1.52 bits per heavy atom. The van der Waals surface area contributed by atoms with Crippen molar-refractivity contribution in [3.8, 4) is 0 Å². The Morgan fingerprint density at radius 2 is 2.35 bits per heavy atom. The van der Waals surface area contributed by atoms with Crippen LogP contribution in [0.1, 0.15) is 23.7 Å². The van der Waals surface area contributed by atoms with Crippen LogP contribution in [-0.4, -0.2) is 51.6 Å². The van der Waals surface area contributed by atoms with Crippen molar-refractivity contribution < 1.29 is 14.1 Å². The summed E-state index contributed by atoms with van der Waals surface area (Å²) in [5.41, 5.74) is 0.790. The lowest BCUT2D eigenvalue weighted by molar-refractivity contribution is 0.189. The van der Waals surface area contributed by atoms with Gasteiger partial charge in [0.1, 0.15) is 6.33 Å². The molecule has 0 saturated heterocycles. The normalized spacial score (nSPS) is 10.7. The molecule has 0 aliphatic heterocycles. The predicted octanol–water partition coefficient (Wildman–Crippen LogP) is 0.953. The molecular weight excluding hydrogens is 300 g/mol. The second-order valence-corrected chi connectivity index (χ2v) is 5.24. The maximum Gasteiger partial charge on any atom is 0.317 e. The number of carbonyl (C=O) groups is 1. The van der Waals surface area contributed by atoms with Gasteiger partial charge >= 0.3 is 6.03 Å². The third-order valence-corrected chi connectivity index (χ3v) is 3.26. The van der Waals surface area contributed by atoms with E-state index in [4.69, 9.17) is 9.26 Å². The van der Waals surface area contributed by atoms with E-state index in [1.165, 1.54) is 4.90 Å². The van der Waals surface area contributed by atoms with Gasteiger partial charge in [-0.05, 0) is 13.3 Å². The number of nitrogens with one attached hydrogen (secondary N) is 1. The highest BCUT2D eigenvalue weighted by atomic mass is 16.5. The lowest BCUT2D eigenvalue weighted by atomic mass is 10.4. The van der Waals surface area contributed by atoms with E-state index in [-0.39, 0.29) is 6.03 Å². The van der Waals surface area contributed by atoms with E-state index in [9.17, 15) is 4.79 Å². The molecule has 0 atom stereocenters. The molecule has 2 rings (SSSR count). The summed E-state index contributed by atoms with van der Waals surface area (Å²) in [7, 11) is 3.36. The molecule has 0 radical (unpaired) electrons. The molecule has 0 fully saturated rings. The molecule has 9 nitrogen and oxygen atoms in total. The number of nitrogens with zero attached hydrogens (tertiary/aromatic N) is 5. The van der Waals surface area contributed by atoms with Crippen LogP contribution in [0.25, 0.3) is 0 Å². The van der Waals surface area contributed by atoms with E-state index >= 15 is 0 Å². The smallest absolute Gasteiger partial charge is 0.317 e. The fraction of sp³-hybridized carbons (Fsp3) is 0.571. The quantitative estimate of drug-likeness (QED) is 0.727. The number of aryl methyl sites for hydroxylation is 2. The van der Waals surface area contributed by atoms with E-state index in [0.29, 0.717) is 31.3 Å². The molecule has 0 aromatic carbocycles. The van der Waals surface area contributed by atoms with Crippen molar-refractivity contribution in [1.29, 1.82) is 0 Å². The molecule has 0 aliphatic carbocycles. The number of carbonyl (C=O) groups excluding carboxylic acids is 1. The van der Waals surface area contributed by atoms with Gasteiger partial charge in [-0.15, -0.1) is 10.2 Å². The maximum absolute atomic E-state index is 12.1. The summed E-state index contributed by atoms with van der Waals surface area (Å²) in [6.07, 6.45) is 2.51. The van der Waals surface area contributed by atoms with E-state index in [1.807, 2.05) is 11.5 Å². The van der Waals surface area contributed by atoms with Crippen molar-refractivity contribution in [1.82, 2.24) is 30.1 Å². The Hall–Kier alpha value is -2.42. The molecule has 23 heavy (non-hydrogen) atoms. The summed E-state index contributed by atoms with van der Waals surface area (Å²) in [5, 5.41) is 14.5. The van der Waals surface area contributed by atoms with Gasteiger partial charge in [0.25, 0.3) is 0 Å². The van der Waals surface area contributed by atoms with Crippen LogP contribution in [0.5, 0.6) is 0 Å². The SMILES string of the molecule is COCCCn1cnnc1CNC(=O)N(C)Cc1cc(C)no1. The number of hydrogen-bond acceptors (Lipinski definition) is 6. The van der Waals surface area contributed by atoms with E-state index in [2.05, 4.69) is 20.7 Å². The molecule has 0 bridgehead atoms. The summed E-state index contributed by atoms with van der Waals surface area (Å²) in [6.45, 7) is 3.92. The topological polar surface area (TPSA) is 98.3 Å². The summed E-state index contributed by atoms with van der Waals surface area (Å²) in [6, 6.07) is 1.58. The number of hydrogen-bond donors (Lipinski definition) is 1. The molecule has 0 saturated carbocycles. The molecule has 0 unspecified atom stereocenters. The molecule has 1 N–H and O–H groups in total. The van der Waals surface area contributed by atoms with Gasteiger partial charge in [-0.25, -0.2) is 4.79 Å². The maximum atomic E-state index is 12.1. The van der Waals surface area contributed by atoms with E-state index in [1.54, 1.807) is 26.6 Å². The van der Waals surface area contributed by atoms with Crippen LogP contribution in [0.4, 0.5) is 4.79 Å². The van der Waals surface area contributed by atoms with Crippen LogP contribution in [0.15, 0.2) is 16.9 Å². The first-order chi connectivity index (χ1) is 11.1. The van der Waals surface area contributed by atoms with Gasteiger partial charge in [0, 0.05) is 33.4 Å². The first kappa shape index (κ1) is 16.9. The molecule has 2 aromatic rings. The lowest BCUT2D eigenvalue weighted by Gasteiger charge is -2.16. The zero-order valence-electron chi connectivity index (χ0n) is 13.7. The highest BCUT2D eigenvalue weighted by Crippen LogP contribution is 2.05. The number of urea groups is 1. The minimum Gasteiger partial charge on any atom is -0.385 e. The Morgan fingerprint density at radius 3 is 3.04 bits per heavy atom. The number of rotatable bonds is 8. The molecule has 2 heterocycles. The highest BCUT2D eigenvalue weighted by molar-refractivity contribution is 5.73. The third kappa shape index (κ3) is 5.06. The third-order valence-electron chi connectivity index (χ3n) is 3.26. The van der Waals surface area contributed by atoms with Crippen LogP contribution in [0, 0.1) is 6.92 Å². The van der Waals surface area contributed by atoms with Crippen molar-refractivity contribution >= 4 is 6.03 Å². The summed E-state index contributed by atoms with van der Waals surface area (Å²) in [5.74, 6) is 1.35. The van der Waals surface area contributed by atoms with E-state index < -0.39 is 0 Å². The lowest BCUT2D eigenvalue weighted by Crippen LogP contribution is -2.36. The number of amides is 2. The number of ether oxygens (including phenoxy) is 1. The fourth-order valence-electron chi connectivity index (χ4n) is 2.07. The molecule has 2 aromatic heterocycles.